The van der Waals surface area contributed by atoms with Crippen molar-refractivity contribution in [2.45, 2.75) is 13.5 Å². The summed E-state index contributed by atoms with van der Waals surface area (Å²) in [7, 11) is -3.67. The number of hydrogen-bond acceptors (Lipinski definition) is 6. The quantitative estimate of drug-likeness (QED) is 0.305. The van der Waals surface area contributed by atoms with Gasteiger partial charge in [-0.3, -0.25) is 13.9 Å². The first-order valence-corrected chi connectivity index (χ1v) is 13.0. The number of hydrazone groups is 1. The van der Waals surface area contributed by atoms with Gasteiger partial charge in [-0.15, -0.1) is 0 Å². The molecule has 10 heteroatoms. The minimum Gasteiger partial charge on any atom is -0.484 e. The molecule has 0 aliphatic carbocycles. The molecule has 0 heterocycles. The lowest BCUT2D eigenvalue weighted by atomic mass is 10.2. The fourth-order valence-electron chi connectivity index (χ4n) is 3.22. The molecule has 0 fully saturated rings. The Kier molecular flexibility index (Phi) is 9.18. The third-order valence-corrected chi connectivity index (χ3v) is 6.18. The monoisotopic (exact) mass is 508 g/mol. The van der Waals surface area contributed by atoms with Crippen LogP contribution in [0, 0.1) is 6.92 Å². The zero-order chi connectivity index (χ0) is 26.0. The average molecular weight is 509 g/mol. The molecule has 2 amide bonds. The first kappa shape index (κ1) is 26.4. The number of carbonyl (C=O) groups is 2. The van der Waals surface area contributed by atoms with Gasteiger partial charge in [-0.2, -0.15) is 5.10 Å². The second kappa shape index (κ2) is 12.5. The zero-order valence-electron chi connectivity index (χ0n) is 20.0. The number of sulfonamides is 1. The zero-order valence-corrected chi connectivity index (χ0v) is 20.9. The molecule has 0 spiro atoms. The van der Waals surface area contributed by atoms with Crippen molar-refractivity contribution in [3.05, 3.63) is 95.6 Å². The number of ether oxygens (including phenoxy) is 1. The van der Waals surface area contributed by atoms with Gasteiger partial charge in [-0.1, -0.05) is 48.5 Å². The summed E-state index contributed by atoms with van der Waals surface area (Å²) in [6, 6.07) is 23.3. The van der Waals surface area contributed by atoms with Crippen LogP contribution in [0.1, 0.15) is 16.7 Å². The number of nitrogens with one attached hydrogen (secondary N) is 2. The van der Waals surface area contributed by atoms with Crippen molar-refractivity contribution in [2.75, 3.05) is 23.7 Å². The van der Waals surface area contributed by atoms with Gasteiger partial charge in [-0.05, 0) is 53.9 Å². The third kappa shape index (κ3) is 8.24. The summed E-state index contributed by atoms with van der Waals surface area (Å²) in [6.07, 6.45) is 2.47. The molecule has 3 rings (SSSR count). The molecule has 0 atom stereocenters. The van der Waals surface area contributed by atoms with Crippen LogP contribution in [0.15, 0.2) is 84.0 Å². The molecule has 188 valence electrons. The van der Waals surface area contributed by atoms with E-state index in [-0.39, 0.29) is 12.5 Å². The van der Waals surface area contributed by atoms with Crippen LogP contribution in [0.3, 0.4) is 0 Å². The Morgan fingerprint density at radius 1 is 0.944 bits per heavy atom. The summed E-state index contributed by atoms with van der Waals surface area (Å²) in [4.78, 5) is 24.3. The van der Waals surface area contributed by atoms with Crippen molar-refractivity contribution in [3.63, 3.8) is 0 Å². The second-order valence-electron chi connectivity index (χ2n) is 7.97. The van der Waals surface area contributed by atoms with Crippen LogP contribution >= 0.6 is 0 Å². The molecule has 0 unspecified atom stereocenters. The molecule has 3 aromatic rings. The van der Waals surface area contributed by atoms with Gasteiger partial charge in [0.2, 0.25) is 10.0 Å². The van der Waals surface area contributed by atoms with Gasteiger partial charge in [-0.25, -0.2) is 13.8 Å². The van der Waals surface area contributed by atoms with Gasteiger partial charge in [0.15, 0.2) is 6.61 Å². The summed E-state index contributed by atoms with van der Waals surface area (Å²) >= 11 is 0. The Bertz CT molecular complexity index is 1310. The highest BCUT2D eigenvalue weighted by Gasteiger charge is 2.21. The molecule has 2 N–H and O–H groups in total. The van der Waals surface area contributed by atoms with E-state index in [1.54, 1.807) is 55.5 Å². The topological polar surface area (TPSA) is 117 Å². The van der Waals surface area contributed by atoms with Crippen molar-refractivity contribution >= 4 is 33.7 Å². The van der Waals surface area contributed by atoms with E-state index in [1.807, 2.05) is 30.3 Å². The average Bonchev–Trinajstić information content (AvgIpc) is 2.86. The Morgan fingerprint density at radius 2 is 1.61 bits per heavy atom. The first-order valence-electron chi connectivity index (χ1n) is 11.1. The number of amides is 2. The summed E-state index contributed by atoms with van der Waals surface area (Å²) in [5.41, 5.74) is 5.19. The van der Waals surface area contributed by atoms with Crippen molar-refractivity contribution in [1.29, 1.82) is 0 Å². The maximum Gasteiger partial charge on any atom is 0.260 e. The van der Waals surface area contributed by atoms with E-state index in [0.717, 1.165) is 21.7 Å². The molecular weight excluding hydrogens is 480 g/mol. The Hall–Kier alpha value is -4.18. The van der Waals surface area contributed by atoms with Crippen molar-refractivity contribution in [1.82, 2.24) is 10.7 Å². The number of aryl methyl sites for hydroxylation is 1. The number of anilines is 1. The first-order chi connectivity index (χ1) is 17.2. The third-order valence-electron chi connectivity index (χ3n) is 5.06. The van der Waals surface area contributed by atoms with Crippen molar-refractivity contribution < 1.29 is 22.7 Å². The number of nitrogens with zero attached hydrogens (tertiary/aromatic N) is 2. The summed E-state index contributed by atoms with van der Waals surface area (Å²) in [5.74, 6) is -0.310. The van der Waals surface area contributed by atoms with Crippen molar-refractivity contribution in [2.24, 2.45) is 5.10 Å². The van der Waals surface area contributed by atoms with Gasteiger partial charge in [0.05, 0.1) is 18.2 Å². The molecule has 3 aromatic carbocycles. The highest BCUT2D eigenvalue weighted by atomic mass is 32.2. The van der Waals surface area contributed by atoms with Crippen LogP contribution in [-0.4, -0.2) is 45.9 Å². The maximum absolute atomic E-state index is 12.3. The van der Waals surface area contributed by atoms with E-state index >= 15 is 0 Å². The summed E-state index contributed by atoms with van der Waals surface area (Å²) in [5, 5.41) is 6.69. The largest absolute Gasteiger partial charge is 0.484 e. The van der Waals surface area contributed by atoms with Gasteiger partial charge in [0.25, 0.3) is 11.8 Å². The van der Waals surface area contributed by atoms with Crippen LogP contribution in [-0.2, 0) is 26.2 Å². The molecular formula is C26H28N4O5S. The normalized spacial score (nSPS) is 11.2. The number of benzene rings is 3. The lowest BCUT2D eigenvalue weighted by Gasteiger charge is -2.23. The highest BCUT2D eigenvalue weighted by Crippen LogP contribution is 2.21. The lowest BCUT2D eigenvalue weighted by molar-refractivity contribution is -0.123. The van der Waals surface area contributed by atoms with Crippen LogP contribution in [0.2, 0.25) is 0 Å². The molecule has 0 aliphatic heterocycles. The number of para-hydroxylation sites is 1. The second-order valence-corrected chi connectivity index (χ2v) is 9.88. The maximum atomic E-state index is 12.3. The van der Waals surface area contributed by atoms with Gasteiger partial charge >= 0.3 is 0 Å². The molecule has 0 radical (unpaired) electrons. The highest BCUT2D eigenvalue weighted by molar-refractivity contribution is 7.92. The van der Waals surface area contributed by atoms with Crippen LogP contribution in [0.5, 0.6) is 5.75 Å². The predicted octanol–water partition coefficient (Wildman–Crippen LogP) is 2.61. The smallest absolute Gasteiger partial charge is 0.260 e. The Labute approximate surface area is 210 Å². The number of carbonyl (C=O) groups excluding carboxylic acids is 2. The van der Waals surface area contributed by atoms with Crippen LogP contribution in [0.25, 0.3) is 0 Å². The van der Waals surface area contributed by atoms with Crippen molar-refractivity contribution in [3.8, 4) is 5.75 Å². The Balaban J connectivity index is 1.47. The molecule has 36 heavy (non-hydrogen) atoms. The minimum absolute atomic E-state index is 0.117. The lowest BCUT2D eigenvalue weighted by Crippen LogP contribution is -2.39. The van der Waals surface area contributed by atoms with Crippen LogP contribution < -0.4 is 19.8 Å². The molecule has 0 saturated carbocycles. The molecule has 0 aliphatic rings. The minimum atomic E-state index is -3.67. The van der Waals surface area contributed by atoms with E-state index < -0.39 is 22.5 Å². The van der Waals surface area contributed by atoms with E-state index in [4.69, 9.17) is 4.74 Å². The number of hydrogen-bond donors (Lipinski definition) is 2. The summed E-state index contributed by atoms with van der Waals surface area (Å²) < 4.78 is 31.0. The van der Waals surface area contributed by atoms with Crippen LogP contribution in [0.4, 0.5) is 5.69 Å². The van der Waals surface area contributed by atoms with Gasteiger partial charge in [0.1, 0.15) is 12.3 Å². The molecule has 0 aromatic heterocycles. The fraction of sp³-hybridized carbons (Fsp3) is 0.192. The van der Waals surface area contributed by atoms with Gasteiger partial charge < -0.3 is 10.1 Å². The summed E-state index contributed by atoms with van der Waals surface area (Å²) in [6.45, 7) is 1.68. The molecule has 0 bridgehead atoms. The molecule has 9 nitrogen and oxygen atoms in total. The van der Waals surface area contributed by atoms with E-state index in [9.17, 15) is 18.0 Å². The van der Waals surface area contributed by atoms with Gasteiger partial charge in [0, 0.05) is 6.54 Å². The number of rotatable bonds is 11. The Morgan fingerprint density at radius 3 is 2.28 bits per heavy atom. The van der Waals surface area contributed by atoms with E-state index in [1.165, 1.54) is 6.21 Å². The predicted molar refractivity (Wildman–Crippen MR) is 139 cm³/mol. The standard InChI is InChI=1S/C26H28N4O5S/c1-20-8-6-7-11-24(20)30(36(2,33)34)18-25(31)29-28-17-22-12-14-23(15-13-22)35-19-26(32)27-16-21-9-4-3-5-10-21/h3-15,17H,16,18-19H2,1-2H3,(H,27,32)(H,29,31)/b28-17-. The SMILES string of the molecule is Cc1ccccc1N(CC(=O)N/N=C\c1ccc(OCC(=O)NCc2ccccc2)cc1)S(C)(=O)=O. The van der Waals surface area contributed by atoms with E-state index in [2.05, 4.69) is 15.8 Å². The fourth-order valence-corrected chi connectivity index (χ4v) is 4.13. The molecule has 0 saturated heterocycles. The van der Waals surface area contributed by atoms with E-state index in [0.29, 0.717) is 23.5 Å².